The van der Waals surface area contributed by atoms with E-state index in [-0.39, 0.29) is 72.3 Å². The first kappa shape index (κ1) is 41.9. The van der Waals surface area contributed by atoms with E-state index in [9.17, 15) is 24.0 Å². The van der Waals surface area contributed by atoms with Crippen molar-refractivity contribution in [2.24, 2.45) is 5.92 Å². The lowest BCUT2D eigenvalue weighted by Gasteiger charge is -2.27. The van der Waals surface area contributed by atoms with Gasteiger partial charge in [-0.3, -0.25) is 19.2 Å². The standard InChI is InChI=1S/C39H66O9/c1-5-6-7-8-9-10-11-12-15-18-21-35(45-30(3)41)37-25-26-38(48-37)36(46-31(4)42)22-19-16-13-14-17-20-33(43)23-24-34-28-32(27-29(2)40)39(44)47-34/h32,34-38H,5-28H2,1-4H3/t32-,34-,35-,36-,37-,38-/m1/s1. The lowest BCUT2D eigenvalue weighted by molar-refractivity contribution is -0.163. The van der Waals surface area contributed by atoms with Gasteiger partial charge in [0.15, 0.2) is 0 Å². The zero-order valence-corrected chi connectivity index (χ0v) is 30.6. The Morgan fingerprint density at radius 2 is 1.17 bits per heavy atom. The quantitative estimate of drug-likeness (QED) is 0.0454. The van der Waals surface area contributed by atoms with Crippen LogP contribution in [0.15, 0.2) is 0 Å². The number of ketones is 2. The highest BCUT2D eigenvalue weighted by molar-refractivity contribution is 5.84. The van der Waals surface area contributed by atoms with Crippen molar-refractivity contribution in [1.82, 2.24) is 0 Å². The number of rotatable bonds is 28. The smallest absolute Gasteiger partial charge is 0.309 e. The van der Waals surface area contributed by atoms with Crippen LogP contribution < -0.4 is 0 Å². The first-order valence-corrected chi connectivity index (χ1v) is 19.3. The summed E-state index contributed by atoms with van der Waals surface area (Å²) in [5, 5.41) is 0. The van der Waals surface area contributed by atoms with E-state index in [1.54, 1.807) is 0 Å². The second-order valence-electron chi connectivity index (χ2n) is 14.3. The largest absolute Gasteiger partial charge is 0.462 e. The molecule has 0 aromatic rings. The van der Waals surface area contributed by atoms with E-state index in [0.717, 1.165) is 70.6 Å². The fraction of sp³-hybridized carbons (Fsp3) is 0.872. The molecule has 2 aliphatic rings. The summed E-state index contributed by atoms with van der Waals surface area (Å²) in [6, 6.07) is 0. The molecule has 48 heavy (non-hydrogen) atoms. The maximum Gasteiger partial charge on any atom is 0.309 e. The maximum absolute atomic E-state index is 12.4. The molecule has 0 saturated carbocycles. The van der Waals surface area contributed by atoms with Gasteiger partial charge in [0.2, 0.25) is 0 Å². The molecule has 0 unspecified atom stereocenters. The molecule has 0 radical (unpaired) electrons. The summed E-state index contributed by atoms with van der Waals surface area (Å²) in [5.41, 5.74) is 0. The molecule has 0 amide bonds. The molecule has 2 rings (SSSR count). The van der Waals surface area contributed by atoms with Crippen LogP contribution in [0.2, 0.25) is 0 Å². The number of hydrogen-bond acceptors (Lipinski definition) is 9. The maximum atomic E-state index is 12.4. The number of esters is 3. The minimum atomic E-state index is -0.360. The van der Waals surface area contributed by atoms with Gasteiger partial charge < -0.3 is 23.7 Å². The van der Waals surface area contributed by atoms with Crippen molar-refractivity contribution in [3.05, 3.63) is 0 Å². The predicted molar refractivity (Wildman–Crippen MR) is 185 cm³/mol. The third-order valence-electron chi connectivity index (χ3n) is 9.78. The van der Waals surface area contributed by atoms with E-state index < -0.39 is 0 Å². The van der Waals surface area contributed by atoms with Gasteiger partial charge in [0, 0.05) is 33.1 Å². The van der Waals surface area contributed by atoms with Crippen molar-refractivity contribution in [2.75, 3.05) is 0 Å². The average molecular weight is 679 g/mol. The van der Waals surface area contributed by atoms with Crippen LogP contribution in [0.25, 0.3) is 0 Å². The van der Waals surface area contributed by atoms with E-state index in [4.69, 9.17) is 18.9 Å². The van der Waals surface area contributed by atoms with Crippen molar-refractivity contribution in [1.29, 1.82) is 0 Å². The number of carbonyl (C=O) groups excluding carboxylic acids is 5. The van der Waals surface area contributed by atoms with Crippen molar-refractivity contribution in [2.45, 2.75) is 212 Å². The molecule has 276 valence electrons. The Labute approximate surface area is 290 Å². The fourth-order valence-electron chi connectivity index (χ4n) is 7.19. The Morgan fingerprint density at radius 3 is 1.65 bits per heavy atom. The summed E-state index contributed by atoms with van der Waals surface area (Å²) < 4.78 is 23.2. The van der Waals surface area contributed by atoms with Gasteiger partial charge in [0.05, 0.1) is 18.1 Å². The molecule has 0 spiro atoms. The first-order valence-electron chi connectivity index (χ1n) is 19.3. The predicted octanol–water partition coefficient (Wildman–Crippen LogP) is 8.70. The van der Waals surface area contributed by atoms with E-state index >= 15 is 0 Å². The molecule has 6 atom stereocenters. The van der Waals surface area contributed by atoms with Crippen LogP contribution in [0.4, 0.5) is 0 Å². The molecule has 2 saturated heterocycles. The van der Waals surface area contributed by atoms with Gasteiger partial charge >= 0.3 is 17.9 Å². The molecule has 2 fully saturated rings. The Kier molecular flexibility index (Phi) is 21.6. The Balaban J connectivity index is 1.63. The Hall–Kier alpha value is -2.29. The molecule has 2 aliphatic heterocycles. The van der Waals surface area contributed by atoms with Crippen LogP contribution >= 0.6 is 0 Å². The lowest BCUT2D eigenvalue weighted by Crippen LogP contribution is -2.35. The summed E-state index contributed by atoms with van der Waals surface area (Å²) in [4.78, 5) is 59.4. The van der Waals surface area contributed by atoms with Crippen molar-refractivity contribution >= 4 is 29.5 Å². The van der Waals surface area contributed by atoms with Gasteiger partial charge in [-0.2, -0.15) is 0 Å². The number of ether oxygens (including phenoxy) is 4. The van der Waals surface area contributed by atoms with E-state index in [1.807, 2.05) is 0 Å². The number of Topliss-reactive ketones (excluding diaryl/α,β-unsaturated/α-hetero) is 2. The second kappa shape index (κ2) is 24.8. The van der Waals surface area contributed by atoms with Crippen LogP contribution in [0.1, 0.15) is 182 Å². The molecule has 0 aromatic heterocycles. The highest BCUT2D eigenvalue weighted by Gasteiger charge is 2.38. The SMILES string of the molecule is CCCCCCCCCCCC[C@@H](OC(C)=O)[C@H]1CC[C@H]([C@@H](CCCCCCCC(=O)CC[C@@H]2C[C@@H](CC(C)=O)C(=O)O2)OC(C)=O)O1. The summed E-state index contributed by atoms with van der Waals surface area (Å²) in [5.74, 6) is -1.10. The number of hydrogen-bond donors (Lipinski definition) is 0. The summed E-state index contributed by atoms with van der Waals surface area (Å²) in [6.45, 7) is 6.61. The van der Waals surface area contributed by atoms with Crippen molar-refractivity contribution < 1.29 is 42.9 Å². The number of carbonyl (C=O) groups is 5. The molecule has 9 nitrogen and oxygen atoms in total. The van der Waals surface area contributed by atoms with Gasteiger partial charge in [0.25, 0.3) is 0 Å². The Morgan fingerprint density at radius 1 is 0.688 bits per heavy atom. The topological polar surface area (TPSA) is 122 Å². The van der Waals surface area contributed by atoms with Gasteiger partial charge in [0.1, 0.15) is 29.9 Å². The molecule has 0 bridgehead atoms. The molecule has 2 heterocycles. The molecule has 0 N–H and O–H groups in total. The van der Waals surface area contributed by atoms with Crippen LogP contribution in [0.5, 0.6) is 0 Å². The summed E-state index contributed by atoms with van der Waals surface area (Å²) in [7, 11) is 0. The van der Waals surface area contributed by atoms with Gasteiger partial charge in [-0.1, -0.05) is 84.0 Å². The molecule has 9 heteroatoms. The minimum absolute atomic E-state index is 0.0181. The zero-order chi connectivity index (χ0) is 35.1. The third kappa shape index (κ3) is 18.5. The molecule has 0 aromatic carbocycles. The summed E-state index contributed by atoms with van der Waals surface area (Å²) in [6.07, 6.45) is 21.3. The van der Waals surface area contributed by atoms with Crippen molar-refractivity contribution in [3.63, 3.8) is 0 Å². The average Bonchev–Trinajstić information content (AvgIpc) is 3.65. The molecular formula is C39H66O9. The van der Waals surface area contributed by atoms with Crippen LogP contribution in [-0.2, 0) is 42.9 Å². The van der Waals surface area contributed by atoms with E-state index in [0.29, 0.717) is 25.7 Å². The highest BCUT2D eigenvalue weighted by atomic mass is 16.6. The van der Waals surface area contributed by atoms with Crippen LogP contribution in [0.3, 0.4) is 0 Å². The van der Waals surface area contributed by atoms with Gasteiger partial charge in [-0.25, -0.2) is 0 Å². The van der Waals surface area contributed by atoms with E-state index in [2.05, 4.69) is 6.92 Å². The van der Waals surface area contributed by atoms with E-state index in [1.165, 1.54) is 72.1 Å². The third-order valence-corrected chi connectivity index (χ3v) is 9.78. The molecule has 0 aliphatic carbocycles. The lowest BCUT2D eigenvalue weighted by atomic mass is 9.96. The molecular weight excluding hydrogens is 612 g/mol. The summed E-state index contributed by atoms with van der Waals surface area (Å²) >= 11 is 0. The highest BCUT2D eigenvalue weighted by Crippen LogP contribution is 2.31. The number of cyclic esters (lactones) is 1. The Bertz CT molecular complexity index is 963. The van der Waals surface area contributed by atoms with Gasteiger partial charge in [-0.05, 0) is 64.7 Å². The zero-order valence-electron chi connectivity index (χ0n) is 30.6. The monoisotopic (exact) mass is 678 g/mol. The fourth-order valence-corrected chi connectivity index (χ4v) is 7.19. The normalized spacial score (nSPS) is 21.9. The van der Waals surface area contributed by atoms with Crippen molar-refractivity contribution in [3.8, 4) is 0 Å². The van der Waals surface area contributed by atoms with Gasteiger partial charge in [-0.15, -0.1) is 0 Å². The number of unbranched alkanes of at least 4 members (excludes halogenated alkanes) is 13. The second-order valence-corrected chi connectivity index (χ2v) is 14.3. The van der Waals surface area contributed by atoms with Crippen LogP contribution in [0, 0.1) is 5.92 Å². The van der Waals surface area contributed by atoms with Crippen LogP contribution in [-0.4, -0.2) is 60.0 Å². The first-order chi connectivity index (χ1) is 23.1. The minimum Gasteiger partial charge on any atom is -0.462 e.